The van der Waals surface area contributed by atoms with Crippen LogP contribution < -0.4 is 25.1 Å². The molecular formula is C24H27N3O6. The average molecular weight is 453 g/mol. The zero-order chi connectivity index (χ0) is 23.8. The van der Waals surface area contributed by atoms with Gasteiger partial charge < -0.3 is 24.3 Å². The summed E-state index contributed by atoms with van der Waals surface area (Å²) in [6.07, 6.45) is 3.05. The first-order chi connectivity index (χ1) is 16.0. The second kappa shape index (κ2) is 11.1. The zero-order valence-corrected chi connectivity index (χ0v) is 19.1. The molecule has 33 heavy (non-hydrogen) atoms. The lowest BCUT2D eigenvalue weighted by Gasteiger charge is -2.13. The van der Waals surface area contributed by atoms with Gasteiger partial charge in [0.15, 0.2) is 11.5 Å². The van der Waals surface area contributed by atoms with Crippen molar-refractivity contribution in [3.8, 4) is 17.2 Å². The van der Waals surface area contributed by atoms with Gasteiger partial charge in [0.2, 0.25) is 11.7 Å². The van der Waals surface area contributed by atoms with Gasteiger partial charge in [-0.1, -0.05) is 18.2 Å². The van der Waals surface area contributed by atoms with E-state index in [0.717, 1.165) is 0 Å². The Morgan fingerprint density at radius 2 is 1.70 bits per heavy atom. The SMILES string of the molecule is COCCn1nc(CNC(=O)/C=C/c2cc(OC)c(OC)c(OC)c2)c2ccccc2c1=O. The molecule has 174 valence electrons. The van der Waals surface area contributed by atoms with Gasteiger partial charge in [0.25, 0.3) is 5.56 Å². The van der Waals surface area contributed by atoms with Crippen LogP contribution in [0.3, 0.4) is 0 Å². The number of hydrogen-bond donors (Lipinski definition) is 1. The highest BCUT2D eigenvalue weighted by Gasteiger charge is 2.13. The van der Waals surface area contributed by atoms with E-state index >= 15 is 0 Å². The van der Waals surface area contributed by atoms with Gasteiger partial charge in [0.05, 0.1) is 52.1 Å². The normalized spacial score (nSPS) is 11.0. The van der Waals surface area contributed by atoms with Crippen LogP contribution in [-0.4, -0.2) is 50.7 Å². The molecule has 1 aromatic heterocycles. The largest absolute Gasteiger partial charge is 0.493 e. The molecule has 1 heterocycles. The van der Waals surface area contributed by atoms with Gasteiger partial charge in [-0.25, -0.2) is 4.68 Å². The van der Waals surface area contributed by atoms with E-state index in [0.29, 0.717) is 52.4 Å². The highest BCUT2D eigenvalue weighted by molar-refractivity contribution is 5.92. The van der Waals surface area contributed by atoms with Crippen LogP contribution in [0.25, 0.3) is 16.8 Å². The number of carbonyl (C=O) groups is 1. The fraction of sp³-hybridized carbons (Fsp3) is 0.292. The van der Waals surface area contributed by atoms with Crippen LogP contribution >= 0.6 is 0 Å². The molecule has 0 fully saturated rings. The second-order valence-corrected chi connectivity index (χ2v) is 7.02. The van der Waals surface area contributed by atoms with Crippen LogP contribution in [-0.2, 0) is 22.6 Å². The first-order valence-electron chi connectivity index (χ1n) is 10.3. The number of carbonyl (C=O) groups excluding carboxylic acids is 1. The van der Waals surface area contributed by atoms with E-state index in [9.17, 15) is 9.59 Å². The first-order valence-corrected chi connectivity index (χ1v) is 10.3. The third kappa shape index (κ3) is 5.50. The molecule has 0 spiro atoms. The Balaban J connectivity index is 1.79. The predicted octanol–water partition coefficient (Wildman–Crippen LogP) is 2.40. The number of benzene rings is 2. The highest BCUT2D eigenvalue weighted by Crippen LogP contribution is 2.38. The summed E-state index contributed by atoms with van der Waals surface area (Å²) >= 11 is 0. The molecule has 0 atom stereocenters. The molecule has 9 nitrogen and oxygen atoms in total. The molecule has 0 aliphatic carbocycles. The second-order valence-electron chi connectivity index (χ2n) is 7.02. The smallest absolute Gasteiger partial charge is 0.274 e. The summed E-state index contributed by atoms with van der Waals surface area (Å²) in [6, 6.07) is 10.7. The summed E-state index contributed by atoms with van der Waals surface area (Å²) in [5.74, 6) is 1.14. The van der Waals surface area contributed by atoms with Crippen molar-refractivity contribution >= 4 is 22.8 Å². The molecule has 0 radical (unpaired) electrons. The minimum Gasteiger partial charge on any atom is -0.493 e. The third-order valence-electron chi connectivity index (χ3n) is 5.00. The number of aromatic nitrogens is 2. The number of nitrogens with one attached hydrogen (secondary N) is 1. The van der Waals surface area contributed by atoms with E-state index in [-0.39, 0.29) is 18.0 Å². The Kier molecular flexibility index (Phi) is 8.04. The molecule has 0 aliphatic rings. The number of amides is 1. The molecule has 0 bridgehead atoms. The summed E-state index contributed by atoms with van der Waals surface area (Å²) in [4.78, 5) is 25.1. The molecule has 2 aromatic carbocycles. The van der Waals surface area contributed by atoms with Crippen LogP contribution in [0.15, 0.2) is 47.3 Å². The Hall–Kier alpha value is -3.85. The maximum absolute atomic E-state index is 12.7. The van der Waals surface area contributed by atoms with Gasteiger partial charge >= 0.3 is 0 Å². The van der Waals surface area contributed by atoms with Crippen LogP contribution in [0.2, 0.25) is 0 Å². The van der Waals surface area contributed by atoms with Crippen molar-refractivity contribution in [3.05, 3.63) is 64.1 Å². The van der Waals surface area contributed by atoms with Gasteiger partial charge in [-0.05, 0) is 29.8 Å². The van der Waals surface area contributed by atoms with Crippen molar-refractivity contribution in [2.24, 2.45) is 0 Å². The topological polar surface area (TPSA) is 101 Å². The molecule has 9 heteroatoms. The van der Waals surface area contributed by atoms with E-state index < -0.39 is 0 Å². The quantitative estimate of drug-likeness (QED) is 0.471. The minimum absolute atomic E-state index is 0.159. The molecule has 1 N–H and O–H groups in total. The molecule has 3 aromatic rings. The maximum Gasteiger partial charge on any atom is 0.274 e. The van der Waals surface area contributed by atoms with Crippen LogP contribution in [0.4, 0.5) is 0 Å². The number of fused-ring (bicyclic) bond motifs is 1. The standard InChI is InChI=1S/C24H27N3O6/c1-30-12-11-27-24(29)18-8-6-5-7-17(18)19(26-27)15-25-22(28)10-9-16-13-20(31-2)23(33-4)21(14-16)32-3/h5-10,13-14H,11-12,15H2,1-4H3,(H,25,28)/b10-9+. The molecular weight excluding hydrogens is 426 g/mol. The highest BCUT2D eigenvalue weighted by atomic mass is 16.5. The van der Waals surface area contributed by atoms with E-state index in [1.165, 1.54) is 32.1 Å². The number of nitrogens with zero attached hydrogens (tertiary/aromatic N) is 2. The summed E-state index contributed by atoms with van der Waals surface area (Å²) in [5.41, 5.74) is 1.10. The summed E-state index contributed by atoms with van der Waals surface area (Å²) in [6.45, 7) is 0.836. The zero-order valence-electron chi connectivity index (χ0n) is 19.1. The van der Waals surface area contributed by atoms with Crippen LogP contribution in [0.1, 0.15) is 11.3 Å². The van der Waals surface area contributed by atoms with E-state index in [1.807, 2.05) is 12.1 Å². The molecule has 3 rings (SSSR count). The molecule has 0 saturated heterocycles. The summed E-state index contributed by atoms with van der Waals surface area (Å²) in [7, 11) is 6.15. The van der Waals surface area contributed by atoms with Crippen LogP contribution in [0.5, 0.6) is 17.2 Å². The Bertz CT molecular complexity index is 1190. The molecule has 0 aliphatic heterocycles. The fourth-order valence-corrected chi connectivity index (χ4v) is 3.36. The number of hydrogen-bond acceptors (Lipinski definition) is 7. The van der Waals surface area contributed by atoms with Crippen LogP contribution in [0, 0.1) is 0 Å². The van der Waals surface area contributed by atoms with Gasteiger partial charge in [0.1, 0.15) is 0 Å². The van der Waals surface area contributed by atoms with Gasteiger partial charge in [-0.15, -0.1) is 0 Å². The Morgan fingerprint density at radius 3 is 2.30 bits per heavy atom. The van der Waals surface area contributed by atoms with Crippen molar-refractivity contribution in [2.75, 3.05) is 35.0 Å². The lowest BCUT2D eigenvalue weighted by molar-refractivity contribution is -0.116. The monoisotopic (exact) mass is 453 g/mol. The van der Waals surface area contributed by atoms with Crippen molar-refractivity contribution < 1.29 is 23.7 Å². The summed E-state index contributed by atoms with van der Waals surface area (Å²) < 4.78 is 22.4. The van der Waals surface area contributed by atoms with Gasteiger partial charge in [-0.2, -0.15) is 5.10 Å². The number of ether oxygens (including phenoxy) is 4. The average Bonchev–Trinajstić information content (AvgIpc) is 2.85. The third-order valence-corrected chi connectivity index (χ3v) is 5.00. The van der Waals surface area contributed by atoms with Crippen molar-refractivity contribution in [2.45, 2.75) is 13.1 Å². The molecule has 0 unspecified atom stereocenters. The number of rotatable bonds is 10. The molecule has 1 amide bonds. The lowest BCUT2D eigenvalue weighted by atomic mass is 10.1. The first kappa shape index (κ1) is 23.8. The fourth-order valence-electron chi connectivity index (χ4n) is 3.36. The Morgan fingerprint density at radius 1 is 1.03 bits per heavy atom. The predicted molar refractivity (Wildman–Crippen MR) is 125 cm³/mol. The maximum atomic E-state index is 12.7. The van der Waals surface area contributed by atoms with Crippen molar-refractivity contribution in [1.82, 2.24) is 15.1 Å². The number of methoxy groups -OCH3 is 4. The van der Waals surface area contributed by atoms with E-state index in [2.05, 4.69) is 10.4 Å². The minimum atomic E-state index is -0.315. The van der Waals surface area contributed by atoms with Gasteiger partial charge in [-0.3, -0.25) is 9.59 Å². The molecule has 0 saturated carbocycles. The van der Waals surface area contributed by atoms with E-state index in [4.69, 9.17) is 18.9 Å². The van der Waals surface area contributed by atoms with Crippen molar-refractivity contribution in [1.29, 1.82) is 0 Å². The van der Waals surface area contributed by atoms with Crippen molar-refractivity contribution in [3.63, 3.8) is 0 Å². The summed E-state index contributed by atoms with van der Waals surface area (Å²) in [5, 5.41) is 8.49. The Labute approximate surface area is 191 Å². The van der Waals surface area contributed by atoms with Gasteiger partial charge in [0, 0.05) is 18.6 Å². The van der Waals surface area contributed by atoms with E-state index in [1.54, 1.807) is 37.5 Å². The lowest BCUT2D eigenvalue weighted by Crippen LogP contribution is -2.29.